The molecular formula is C77H109N3O5. The molecule has 1 amide bonds. The number of hydrogen-bond donors (Lipinski definition) is 0. The molecule has 4 aliphatic rings. The Morgan fingerprint density at radius 2 is 1.04 bits per heavy atom. The summed E-state index contributed by atoms with van der Waals surface area (Å²) in [5.41, 5.74) is 6.70. The van der Waals surface area contributed by atoms with E-state index in [1.807, 2.05) is 35.2 Å². The molecule has 0 aliphatic heterocycles. The van der Waals surface area contributed by atoms with Crippen LogP contribution < -0.4 is 0 Å². The lowest BCUT2D eigenvalue weighted by molar-refractivity contribution is -0.227. The zero-order valence-corrected chi connectivity index (χ0v) is 53.2. The number of nitrogens with zero attached hydrogens (tertiary/aromatic N) is 3. The summed E-state index contributed by atoms with van der Waals surface area (Å²) in [5.74, 6) is 3.20. The average Bonchev–Trinajstić information content (AvgIpc) is 1.73. The van der Waals surface area contributed by atoms with E-state index in [1.54, 1.807) is 0 Å². The Bertz CT molecular complexity index is 2540. The van der Waals surface area contributed by atoms with E-state index in [0.29, 0.717) is 42.1 Å². The molecule has 0 heterocycles. The molecule has 9 rings (SSSR count). The lowest BCUT2D eigenvalue weighted by Gasteiger charge is -2.65. The van der Waals surface area contributed by atoms with E-state index in [9.17, 15) is 4.79 Å². The number of ether oxygens (including phenoxy) is 4. The van der Waals surface area contributed by atoms with Gasteiger partial charge < -0.3 is 23.8 Å². The van der Waals surface area contributed by atoms with Crippen molar-refractivity contribution in [2.24, 2.45) is 46.3 Å². The van der Waals surface area contributed by atoms with Crippen LogP contribution in [0.2, 0.25) is 0 Å². The highest BCUT2D eigenvalue weighted by atomic mass is 16.6. The van der Waals surface area contributed by atoms with Crippen LogP contribution >= 0.6 is 0 Å². The van der Waals surface area contributed by atoms with E-state index < -0.39 is 0 Å². The molecule has 0 spiro atoms. The minimum atomic E-state index is -0.168. The first-order chi connectivity index (χ1) is 41.6. The normalized spacial score (nSPS) is 25.7. The molecule has 0 bridgehead atoms. The molecule has 0 radical (unpaired) electrons. The monoisotopic (exact) mass is 1160 g/mol. The van der Waals surface area contributed by atoms with Crippen LogP contribution in [0.25, 0.3) is 0 Å². The summed E-state index contributed by atoms with van der Waals surface area (Å²) >= 11 is 0. The van der Waals surface area contributed by atoms with Crippen molar-refractivity contribution in [3.63, 3.8) is 0 Å². The summed E-state index contributed by atoms with van der Waals surface area (Å²) in [6, 6.07) is 54.0. The van der Waals surface area contributed by atoms with Crippen molar-refractivity contribution in [1.82, 2.24) is 14.7 Å². The molecule has 3 unspecified atom stereocenters. The van der Waals surface area contributed by atoms with Crippen molar-refractivity contribution >= 4 is 6.09 Å². The van der Waals surface area contributed by atoms with Gasteiger partial charge in [0.2, 0.25) is 0 Å². The maximum Gasteiger partial charge on any atom is 0.410 e. The van der Waals surface area contributed by atoms with Gasteiger partial charge in [-0.15, -0.1) is 0 Å². The summed E-state index contributed by atoms with van der Waals surface area (Å²) < 4.78 is 27.9. The smallest absolute Gasteiger partial charge is 0.410 e. The van der Waals surface area contributed by atoms with Gasteiger partial charge in [0, 0.05) is 77.6 Å². The topological polar surface area (TPSA) is 63.7 Å². The van der Waals surface area contributed by atoms with Gasteiger partial charge in [0.15, 0.2) is 0 Å². The molecule has 462 valence electrons. The fourth-order valence-corrected chi connectivity index (χ4v) is 16.7. The zero-order chi connectivity index (χ0) is 59.1. The summed E-state index contributed by atoms with van der Waals surface area (Å²) in [6.45, 7) is 22.4. The average molecular weight is 1160 g/mol. The third-order valence-corrected chi connectivity index (χ3v) is 21.2. The lowest BCUT2D eigenvalue weighted by atomic mass is 9.43. The maximum absolute atomic E-state index is 13.9. The third kappa shape index (κ3) is 18.2. The van der Waals surface area contributed by atoms with Gasteiger partial charge in [0.05, 0.1) is 18.3 Å². The van der Waals surface area contributed by atoms with Crippen molar-refractivity contribution in [2.75, 3.05) is 46.0 Å². The van der Waals surface area contributed by atoms with Gasteiger partial charge in [-0.1, -0.05) is 218 Å². The number of fused-ring (bicyclic) bond motifs is 5. The van der Waals surface area contributed by atoms with Crippen LogP contribution in [-0.4, -0.2) is 85.1 Å². The second-order valence-corrected chi connectivity index (χ2v) is 27.0. The standard InChI is InChI=1S/C77H109N3O5/c1-6-8-9-10-11-27-48-80(75(81)85-60-66-40-25-16-26-41-66)49-28-31-61(3)69-42-43-70-74-71(55-73(77(69,70)5)84-52-30-47-79(58-64-36-21-14-22-37-64)59-65-38-23-15-24-39-65)76(4)45-44-68(53-67(76)54-72(74)83-50-7-2)82-51-29-46-78(56-62-32-17-12-18-33-62)57-63-34-19-13-20-35-63/h12-26,32-41,61,67-74H,6-11,27-31,42-60H2,1-5H3/t61?,67-,68+,69+,70-,71-,72+,73-,74?,76?,77+/m0/s1. The molecular weight excluding hydrogens is 1050 g/mol. The fraction of sp³-hybridized carbons (Fsp3) is 0.597. The number of rotatable bonds is 35. The van der Waals surface area contributed by atoms with Crippen LogP contribution in [-0.2, 0) is 51.7 Å². The molecule has 11 atom stereocenters. The second-order valence-electron chi connectivity index (χ2n) is 27.0. The highest BCUT2D eigenvalue weighted by molar-refractivity contribution is 5.67. The van der Waals surface area contributed by atoms with Crippen LogP contribution in [0.4, 0.5) is 4.79 Å². The van der Waals surface area contributed by atoms with Gasteiger partial charge in [0.1, 0.15) is 6.61 Å². The Kier molecular flexibility index (Phi) is 25.5. The summed E-state index contributed by atoms with van der Waals surface area (Å²) in [7, 11) is 0. The first kappa shape index (κ1) is 64.6. The first-order valence-electron chi connectivity index (χ1n) is 34.0. The van der Waals surface area contributed by atoms with E-state index in [0.717, 1.165) is 148 Å². The van der Waals surface area contributed by atoms with Crippen molar-refractivity contribution in [2.45, 2.75) is 201 Å². The third-order valence-electron chi connectivity index (χ3n) is 21.2. The molecule has 0 saturated heterocycles. The molecule has 0 N–H and O–H groups in total. The van der Waals surface area contributed by atoms with Gasteiger partial charge in [0.25, 0.3) is 0 Å². The maximum atomic E-state index is 13.9. The largest absolute Gasteiger partial charge is 0.445 e. The second kappa shape index (κ2) is 33.5. The Balaban J connectivity index is 0.896. The fourth-order valence-electron chi connectivity index (χ4n) is 16.7. The predicted molar refractivity (Wildman–Crippen MR) is 349 cm³/mol. The Morgan fingerprint density at radius 3 is 1.59 bits per heavy atom. The van der Waals surface area contributed by atoms with Crippen LogP contribution in [0, 0.1) is 46.3 Å². The highest BCUT2D eigenvalue weighted by Crippen LogP contribution is 2.69. The van der Waals surface area contributed by atoms with E-state index in [1.165, 1.54) is 67.2 Å². The van der Waals surface area contributed by atoms with Crippen LogP contribution in [0.15, 0.2) is 152 Å². The first-order valence-corrected chi connectivity index (χ1v) is 34.0. The molecule has 4 aliphatic carbocycles. The number of benzene rings is 5. The van der Waals surface area contributed by atoms with Crippen molar-refractivity contribution < 1.29 is 23.7 Å². The number of carbonyl (C=O) groups excluding carboxylic acids is 1. The van der Waals surface area contributed by atoms with Crippen LogP contribution in [0.5, 0.6) is 0 Å². The molecule has 8 heteroatoms. The molecule has 85 heavy (non-hydrogen) atoms. The van der Waals surface area contributed by atoms with Gasteiger partial charge in [-0.05, 0) is 152 Å². The van der Waals surface area contributed by atoms with Crippen LogP contribution in [0.1, 0.15) is 178 Å². The predicted octanol–water partition coefficient (Wildman–Crippen LogP) is 18.0. The van der Waals surface area contributed by atoms with Gasteiger partial charge in [-0.3, -0.25) is 9.80 Å². The summed E-state index contributed by atoms with van der Waals surface area (Å²) in [5, 5.41) is 0. The lowest BCUT2D eigenvalue weighted by Crippen LogP contribution is -2.63. The minimum Gasteiger partial charge on any atom is -0.445 e. The van der Waals surface area contributed by atoms with E-state index in [4.69, 9.17) is 18.9 Å². The van der Waals surface area contributed by atoms with E-state index in [2.05, 4.69) is 166 Å². The Labute approximate surface area is 515 Å². The van der Waals surface area contributed by atoms with Crippen LogP contribution in [0.3, 0.4) is 0 Å². The van der Waals surface area contributed by atoms with Gasteiger partial charge >= 0.3 is 6.09 Å². The number of hydrogen-bond acceptors (Lipinski definition) is 7. The minimum absolute atomic E-state index is 0.0212. The Morgan fingerprint density at radius 1 is 0.518 bits per heavy atom. The SMILES string of the molecule is CCCCCCCCN(CCCC(C)[C@H]1CC[C@H]2C3[C@H](OCCC)C[C@@H]4C[C@H](OCCCN(Cc5ccccc5)Cc5ccccc5)CCC4(C)[C@H]3C[C@H](OCCCN(Cc3ccccc3)Cc3ccccc3)[C@]12C)C(=O)OCc1ccccc1. The number of unbranched alkanes of at least 4 members (excludes halogenated alkanes) is 5. The molecule has 0 aromatic heterocycles. The summed E-state index contributed by atoms with van der Waals surface area (Å²) in [6.07, 6.45) is 21.1. The van der Waals surface area contributed by atoms with Crippen molar-refractivity contribution in [3.05, 3.63) is 179 Å². The molecule has 5 aromatic rings. The molecule has 5 aromatic carbocycles. The van der Waals surface area contributed by atoms with E-state index >= 15 is 0 Å². The summed E-state index contributed by atoms with van der Waals surface area (Å²) in [4.78, 5) is 21.1. The number of carbonyl (C=O) groups is 1. The van der Waals surface area contributed by atoms with Gasteiger partial charge in [-0.2, -0.15) is 0 Å². The number of amides is 1. The zero-order valence-electron chi connectivity index (χ0n) is 53.2. The highest BCUT2D eigenvalue weighted by Gasteiger charge is 2.66. The van der Waals surface area contributed by atoms with E-state index in [-0.39, 0.29) is 35.2 Å². The van der Waals surface area contributed by atoms with Gasteiger partial charge in [-0.25, -0.2) is 4.79 Å². The van der Waals surface area contributed by atoms with Crippen molar-refractivity contribution in [3.8, 4) is 0 Å². The quantitative estimate of drug-likeness (QED) is 0.0375. The van der Waals surface area contributed by atoms with Crippen molar-refractivity contribution in [1.29, 1.82) is 0 Å². The molecule has 4 saturated carbocycles. The molecule has 8 nitrogen and oxygen atoms in total. The molecule has 4 fully saturated rings. The Hall–Kier alpha value is -4.83.